The molecule has 0 saturated carbocycles. The van der Waals surface area contributed by atoms with Gasteiger partial charge < -0.3 is 0 Å². The molecule has 1 nitrogen and oxygen atoms in total. The zero-order chi connectivity index (χ0) is 67.6. The second kappa shape index (κ2) is 37.5. The predicted molar refractivity (Wildman–Crippen MR) is 453 cm³/mol. The average molecular weight is 1520 g/mol. The summed E-state index contributed by atoms with van der Waals surface area (Å²) < 4.78 is 0. The van der Waals surface area contributed by atoms with Gasteiger partial charge in [-0.1, -0.05) is 157 Å². The quantitative estimate of drug-likeness (QED) is 0.0275. The van der Waals surface area contributed by atoms with Crippen LogP contribution in [0, 0.1) is 0 Å². The maximum atomic E-state index is 12.0. The van der Waals surface area contributed by atoms with E-state index in [1.807, 2.05) is 113 Å². The number of hydrogen-bond acceptors (Lipinski definition) is 13. The molecular formula is C85H98OS12. The fraction of sp³-hybridized carbons (Fsp3) is 0.424. The Bertz CT molecular complexity index is 4390. The zero-order valence-corrected chi connectivity index (χ0v) is 68.4. The molecule has 0 N–H and O–H groups in total. The third-order valence-corrected chi connectivity index (χ3v) is 34.3. The number of aldehydes is 1. The van der Waals surface area contributed by atoms with Crippen molar-refractivity contribution in [2.45, 2.75) is 234 Å². The number of aryl methyl sites for hydroxylation is 6. The van der Waals surface area contributed by atoms with Crippen LogP contribution in [0.4, 0.5) is 0 Å². The molecule has 516 valence electrons. The van der Waals surface area contributed by atoms with Crippen LogP contribution >= 0.6 is 136 Å². The highest BCUT2D eigenvalue weighted by Gasteiger charge is 2.25. The van der Waals surface area contributed by atoms with E-state index in [0.717, 1.165) is 43.3 Å². The molecule has 0 saturated heterocycles. The van der Waals surface area contributed by atoms with E-state index in [2.05, 4.69) is 167 Å². The number of thiophene rings is 12. The fourth-order valence-corrected chi connectivity index (χ4v) is 27.6. The van der Waals surface area contributed by atoms with Crippen molar-refractivity contribution in [1.29, 1.82) is 0 Å². The van der Waals surface area contributed by atoms with Crippen LogP contribution in [0.2, 0.25) is 0 Å². The maximum absolute atomic E-state index is 12.0. The van der Waals surface area contributed by atoms with Gasteiger partial charge in [0.15, 0.2) is 6.29 Å². The summed E-state index contributed by atoms with van der Waals surface area (Å²) in [5.74, 6) is 0. The van der Waals surface area contributed by atoms with E-state index in [4.69, 9.17) is 0 Å². The van der Waals surface area contributed by atoms with Crippen molar-refractivity contribution in [2.24, 2.45) is 0 Å². The van der Waals surface area contributed by atoms with Crippen molar-refractivity contribution in [3.05, 3.63) is 153 Å². The van der Waals surface area contributed by atoms with Crippen LogP contribution in [0.3, 0.4) is 0 Å². The monoisotopic (exact) mass is 1520 g/mol. The fourth-order valence-electron chi connectivity index (χ4n) is 13.4. The van der Waals surface area contributed by atoms with Crippen molar-refractivity contribution in [1.82, 2.24) is 0 Å². The highest BCUT2D eigenvalue weighted by atomic mass is 32.1. The Hall–Kier alpha value is -3.93. The van der Waals surface area contributed by atoms with E-state index >= 15 is 0 Å². The summed E-state index contributed by atoms with van der Waals surface area (Å²) in [6.45, 7) is 13.9. The molecule has 0 fully saturated rings. The lowest BCUT2D eigenvalue weighted by Crippen LogP contribution is -1.85. The summed E-state index contributed by atoms with van der Waals surface area (Å²) in [6, 6.07) is 43.6. The standard InChI is InChI=1S/C85H98OS12/c1-7-13-19-25-31-57-49-50-87-80(57)70-43-37-64(89-70)65-39-45-72(91-65)82-59(33-27-21-15-9-3)52-76(95-82)77-54-61(35-29-23-17-11-5)84(97-77)74-47-41-68(93-74)69-42-48-75(94-69)85-62(36-30-24-18-12-6)55-79(98-85)78-53-60(34-28-22-16-10-4)83(96-78)73-46-40-67(92-73)66-38-44-71(90-66)81-58(32-26-20-14-8-2)51-63(56-86)88-81/h37-56H,7-36H2,1-6H3. The minimum absolute atomic E-state index is 0.840. The lowest BCUT2D eigenvalue weighted by atomic mass is 10.0. The highest BCUT2D eigenvalue weighted by molar-refractivity contribution is 7.33. The first-order chi connectivity index (χ1) is 48.3. The number of rotatable bonds is 42. The van der Waals surface area contributed by atoms with Crippen molar-refractivity contribution in [3.63, 3.8) is 0 Å². The normalized spacial score (nSPS) is 11.8. The molecule has 12 rings (SSSR count). The van der Waals surface area contributed by atoms with Crippen molar-refractivity contribution < 1.29 is 4.79 Å². The zero-order valence-electron chi connectivity index (χ0n) is 58.6. The summed E-state index contributed by atoms with van der Waals surface area (Å²) in [7, 11) is 0. The lowest BCUT2D eigenvalue weighted by Gasteiger charge is -2.02. The first-order valence-electron chi connectivity index (χ1n) is 37.0. The van der Waals surface area contributed by atoms with E-state index in [1.54, 1.807) is 11.3 Å². The largest absolute Gasteiger partial charge is 0.297 e. The molecule has 0 radical (unpaired) electrons. The molecule has 0 aliphatic heterocycles. The van der Waals surface area contributed by atoms with E-state index in [9.17, 15) is 4.79 Å². The first kappa shape index (κ1) is 73.8. The van der Waals surface area contributed by atoms with Crippen LogP contribution in [0.5, 0.6) is 0 Å². The van der Waals surface area contributed by atoms with Gasteiger partial charge in [-0.3, -0.25) is 4.79 Å². The Morgan fingerprint density at radius 1 is 0.224 bits per heavy atom. The van der Waals surface area contributed by atoms with Gasteiger partial charge in [0, 0.05) is 107 Å². The number of hydrogen-bond donors (Lipinski definition) is 0. The van der Waals surface area contributed by atoms with Crippen LogP contribution in [0.15, 0.2) is 115 Å². The van der Waals surface area contributed by atoms with E-state index < -0.39 is 0 Å². The van der Waals surface area contributed by atoms with E-state index in [-0.39, 0.29) is 0 Å². The van der Waals surface area contributed by atoms with E-state index in [1.165, 1.54) is 301 Å². The molecule has 98 heavy (non-hydrogen) atoms. The Kier molecular flexibility index (Phi) is 28.2. The Morgan fingerprint density at radius 3 is 0.724 bits per heavy atom. The minimum atomic E-state index is 0.840. The molecule has 13 heteroatoms. The molecular weight excluding hydrogens is 1420 g/mol. The molecule has 0 aliphatic carbocycles. The van der Waals surface area contributed by atoms with Gasteiger partial charge in [-0.05, 0) is 225 Å². The summed E-state index contributed by atoms with van der Waals surface area (Å²) in [4.78, 5) is 43.8. The van der Waals surface area contributed by atoms with E-state index in [0.29, 0.717) is 0 Å². The minimum Gasteiger partial charge on any atom is -0.297 e. The predicted octanol–water partition coefficient (Wildman–Crippen LogP) is 33.3. The number of carbonyl (C=O) groups is 1. The topological polar surface area (TPSA) is 17.1 Å². The Labute approximate surface area is 634 Å². The van der Waals surface area contributed by atoms with Crippen molar-refractivity contribution in [3.8, 4) is 107 Å². The average Bonchev–Trinajstić information content (AvgIpc) is 1.64. The summed E-state index contributed by atoms with van der Waals surface area (Å²) in [6.07, 6.45) is 38.2. The second-order valence-electron chi connectivity index (χ2n) is 26.6. The van der Waals surface area contributed by atoms with Crippen LogP contribution in [0.1, 0.15) is 239 Å². The van der Waals surface area contributed by atoms with Crippen molar-refractivity contribution >= 4 is 142 Å². The first-order valence-corrected chi connectivity index (χ1v) is 46.9. The van der Waals surface area contributed by atoms with Gasteiger partial charge in [-0.2, -0.15) is 0 Å². The van der Waals surface area contributed by atoms with Gasteiger partial charge in [0.1, 0.15) is 0 Å². The molecule has 0 atom stereocenters. The van der Waals surface area contributed by atoms with Gasteiger partial charge in [-0.15, -0.1) is 136 Å². The van der Waals surface area contributed by atoms with Crippen LogP contribution in [-0.2, 0) is 38.5 Å². The molecule has 0 spiro atoms. The molecule has 0 aliphatic rings. The third kappa shape index (κ3) is 18.7. The van der Waals surface area contributed by atoms with Crippen LogP contribution in [0.25, 0.3) is 107 Å². The molecule has 0 aromatic carbocycles. The summed E-state index contributed by atoms with van der Waals surface area (Å²) in [5.41, 5.74) is 8.97. The lowest BCUT2D eigenvalue weighted by molar-refractivity contribution is 0.112. The molecule has 0 bridgehead atoms. The SMILES string of the molecule is CCCCCCc1ccsc1-c1ccc(-c2ccc(-c3sc(-c4cc(CCCCCC)c(-c5ccc(-c6ccc(-c7sc(-c8cc(CCCCCC)c(-c9ccc(-c%10ccc(-c%11sc(C=O)cc%11CCCCCC)s%10)s9)s8)cc7CCCCCC)s6)s5)s4)cc3CCCCCC)s2)s1. The summed E-state index contributed by atoms with van der Waals surface area (Å²) in [5, 5.41) is 2.30. The third-order valence-electron chi connectivity index (χ3n) is 18.9. The number of carbonyl (C=O) groups excluding carboxylic acids is 1. The molecule has 12 heterocycles. The van der Waals surface area contributed by atoms with Gasteiger partial charge in [0.25, 0.3) is 0 Å². The van der Waals surface area contributed by atoms with Crippen molar-refractivity contribution in [2.75, 3.05) is 0 Å². The van der Waals surface area contributed by atoms with Crippen LogP contribution < -0.4 is 0 Å². The maximum Gasteiger partial charge on any atom is 0.160 e. The molecule has 12 aromatic heterocycles. The molecule has 12 aromatic rings. The Balaban J connectivity index is 0.809. The molecule has 0 amide bonds. The number of unbranched alkanes of at least 4 members (excludes halogenated alkanes) is 18. The second-order valence-corrected chi connectivity index (χ2v) is 39.3. The van der Waals surface area contributed by atoms with Crippen LogP contribution in [-0.4, -0.2) is 6.29 Å². The summed E-state index contributed by atoms with van der Waals surface area (Å²) >= 11 is 23.6. The Morgan fingerprint density at radius 2 is 0.459 bits per heavy atom. The van der Waals surface area contributed by atoms with Gasteiger partial charge in [0.05, 0.1) is 4.88 Å². The van der Waals surface area contributed by atoms with Gasteiger partial charge in [0.2, 0.25) is 0 Å². The van der Waals surface area contributed by atoms with Gasteiger partial charge >= 0.3 is 0 Å². The van der Waals surface area contributed by atoms with Gasteiger partial charge in [-0.25, -0.2) is 0 Å². The highest BCUT2D eigenvalue weighted by Crippen LogP contribution is 2.54. The smallest absolute Gasteiger partial charge is 0.160 e. The molecule has 0 unspecified atom stereocenters.